The third kappa shape index (κ3) is 7.76. The van der Waals surface area contributed by atoms with Crippen molar-refractivity contribution in [2.24, 2.45) is 0 Å². The minimum Gasteiger partial charge on any atom is -0.508 e. The molecule has 1 aliphatic heterocycles. The second-order valence-electron chi connectivity index (χ2n) is 9.92. The van der Waals surface area contributed by atoms with Crippen molar-refractivity contribution < 1.29 is 34.0 Å². The number of aromatic nitrogens is 4. The third-order valence-electron chi connectivity index (χ3n) is 6.69. The third-order valence-corrected chi connectivity index (χ3v) is 7.74. The van der Waals surface area contributed by atoms with Crippen molar-refractivity contribution in [3.63, 3.8) is 0 Å². The fourth-order valence-electron chi connectivity index (χ4n) is 4.52. The Bertz CT molecular complexity index is 1550. The van der Waals surface area contributed by atoms with Crippen LogP contribution in [-0.4, -0.2) is 60.3 Å². The standard InChI is InChI=1S/C30H31N5O7S/c1-18(40-19(2)37)28(39)31-23-5-3-4-22(14-23)29-41-26(15-27(42-29)21-8-6-20(16-36)7-9-21)17-43-30-32-33-34-35(30)24-10-12-25(38)13-11-24/h3-14,18,26-27,29,36,38H,15-17H2,1-2H3,(H,31,39)/t18-,26-,27+,29+/m0/s1. The van der Waals surface area contributed by atoms with Crippen LogP contribution in [0.3, 0.4) is 0 Å². The van der Waals surface area contributed by atoms with E-state index in [-0.39, 0.29) is 24.6 Å². The van der Waals surface area contributed by atoms with Crippen molar-refractivity contribution in [3.05, 3.63) is 89.5 Å². The smallest absolute Gasteiger partial charge is 0.303 e. The van der Waals surface area contributed by atoms with E-state index in [1.165, 1.54) is 25.6 Å². The number of aliphatic hydroxyl groups excluding tert-OH is 1. The summed E-state index contributed by atoms with van der Waals surface area (Å²) in [5.41, 5.74) is 3.64. The summed E-state index contributed by atoms with van der Waals surface area (Å²) in [6.07, 6.45) is -1.73. The van der Waals surface area contributed by atoms with Gasteiger partial charge in [-0.1, -0.05) is 48.2 Å². The minimum atomic E-state index is -0.950. The van der Waals surface area contributed by atoms with Crippen LogP contribution in [0.4, 0.5) is 5.69 Å². The summed E-state index contributed by atoms with van der Waals surface area (Å²) in [4.78, 5) is 23.8. The Morgan fingerprint density at radius 2 is 1.86 bits per heavy atom. The van der Waals surface area contributed by atoms with Crippen LogP contribution in [0.2, 0.25) is 0 Å². The van der Waals surface area contributed by atoms with Gasteiger partial charge in [-0.15, -0.1) is 5.10 Å². The number of ether oxygens (including phenoxy) is 3. The van der Waals surface area contributed by atoms with E-state index < -0.39 is 24.3 Å². The highest BCUT2D eigenvalue weighted by molar-refractivity contribution is 7.99. The van der Waals surface area contributed by atoms with Gasteiger partial charge in [0.2, 0.25) is 5.16 Å². The summed E-state index contributed by atoms with van der Waals surface area (Å²) in [6, 6.07) is 21.3. The van der Waals surface area contributed by atoms with Gasteiger partial charge in [-0.2, -0.15) is 4.68 Å². The number of thioether (sulfide) groups is 1. The Hall–Kier alpha value is -4.30. The van der Waals surface area contributed by atoms with Crippen LogP contribution in [0.1, 0.15) is 49.4 Å². The molecule has 3 N–H and O–H groups in total. The maximum Gasteiger partial charge on any atom is 0.303 e. The maximum absolute atomic E-state index is 12.5. The van der Waals surface area contributed by atoms with E-state index in [4.69, 9.17) is 14.2 Å². The minimum absolute atomic E-state index is 0.0544. The number of nitrogens with one attached hydrogen (secondary N) is 1. The quantitative estimate of drug-likeness (QED) is 0.177. The molecule has 1 amide bonds. The molecule has 0 aliphatic carbocycles. The molecule has 3 aromatic carbocycles. The van der Waals surface area contributed by atoms with Gasteiger partial charge in [0.25, 0.3) is 5.91 Å². The van der Waals surface area contributed by atoms with Gasteiger partial charge in [-0.3, -0.25) is 9.59 Å². The first kappa shape index (κ1) is 30.2. The summed E-state index contributed by atoms with van der Waals surface area (Å²) in [7, 11) is 0. The lowest BCUT2D eigenvalue weighted by Gasteiger charge is -2.36. The fraction of sp³-hybridized carbons (Fsp3) is 0.300. The molecule has 4 aromatic rings. The van der Waals surface area contributed by atoms with E-state index in [9.17, 15) is 19.8 Å². The molecule has 2 heterocycles. The van der Waals surface area contributed by atoms with Crippen LogP contribution in [-0.2, 0) is 30.4 Å². The molecule has 1 saturated heterocycles. The van der Waals surface area contributed by atoms with Gasteiger partial charge in [0, 0.05) is 30.3 Å². The zero-order valence-electron chi connectivity index (χ0n) is 23.5. The number of benzene rings is 3. The van der Waals surface area contributed by atoms with Gasteiger partial charge in [0.1, 0.15) is 5.75 Å². The SMILES string of the molecule is CC(=O)O[C@@H](C)C(=O)Nc1cccc([C@@H]2O[C@H](CSc3nnnn3-c3ccc(O)cc3)C[C@H](c3ccc(CO)cc3)O2)c1. The lowest BCUT2D eigenvalue weighted by molar-refractivity contribution is -0.245. The van der Waals surface area contributed by atoms with E-state index in [1.807, 2.05) is 30.3 Å². The number of tetrazole rings is 1. The molecule has 0 unspecified atom stereocenters. The number of phenols is 1. The molecule has 1 fully saturated rings. The van der Waals surface area contributed by atoms with Crippen molar-refractivity contribution in [1.82, 2.24) is 20.2 Å². The summed E-state index contributed by atoms with van der Waals surface area (Å²) in [5, 5.41) is 34.5. The first-order valence-electron chi connectivity index (χ1n) is 13.6. The predicted octanol–water partition coefficient (Wildman–Crippen LogP) is 4.09. The van der Waals surface area contributed by atoms with Crippen molar-refractivity contribution in [2.75, 3.05) is 11.1 Å². The number of rotatable bonds is 10. The monoisotopic (exact) mass is 605 g/mol. The Balaban J connectivity index is 1.34. The highest BCUT2D eigenvalue weighted by Crippen LogP contribution is 2.40. The van der Waals surface area contributed by atoms with E-state index in [1.54, 1.807) is 47.1 Å². The van der Waals surface area contributed by atoms with Crippen LogP contribution in [0.5, 0.6) is 5.75 Å². The lowest BCUT2D eigenvalue weighted by Crippen LogP contribution is -2.31. The van der Waals surface area contributed by atoms with Gasteiger partial charge in [-0.25, -0.2) is 0 Å². The van der Waals surface area contributed by atoms with E-state index in [0.29, 0.717) is 34.3 Å². The summed E-state index contributed by atoms with van der Waals surface area (Å²) in [6.45, 7) is 2.69. The number of hydrogen-bond donors (Lipinski definition) is 3. The molecule has 0 bridgehead atoms. The number of phenolic OH excluding ortho intramolecular Hbond substituents is 1. The number of carbonyl (C=O) groups is 2. The van der Waals surface area contributed by atoms with Gasteiger partial charge in [0.05, 0.1) is 24.5 Å². The van der Waals surface area contributed by atoms with Crippen molar-refractivity contribution in [1.29, 1.82) is 0 Å². The summed E-state index contributed by atoms with van der Waals surface area (Å²) in [5.74, 6) is -0.340. The Kier molecular flexibility index (Phi) is 9.67. The van der Waals surface area contributed by atoms with Gasteiger partial charge in [-0.05, 0) is 64.9 Å². The molecular formula is C30H31N5O7S. The first-order chi connectivity index (χ1) is 20.8. The Morgan fingerprint density at radius 1 is 1.09 bits per heavy atom. The van der Waals surface area contributed by atoms with Crippen LogP contribution < -0.4 is 5.32 Å². The first-order valence-corrected chi connectivity index (χ1v) is 14.6. The second-order valence-corrected chi connectivity index (χ2v) is 10.9. The number of aliphatic hydroxyl groups is 1. The molecule has 0 saturated carbocycles. The zero-order valence-corrected chi connectivity index (χ0v) is 24.3. The number of anilines is 1. The Labute approximate surface area is 252 Å². The molecular weight excluding hydrogens is 574 g/mol. The molecule has 12 nitrogen and oxygen atoms in total. The van der Waals surface area contributed by atoms with E-state index >= 15 is 0 Å². The van der Waals surface area contributed by atoms with Crippen LogP contribution in [0.15, 0.2) is 78.0 Å². The van der Waals surface area contributed by atoms with Crippen LogP contribution >= 0.6 is 11.8 Å². The molecule has 5 rings (SSSR count). The number of nitrogens with zero attached hydrogens (tertiary/aromatic N) is 4. The van der Waals surface area contributed by atoms with Gasteiger partial charge < -0.3 is 29.7 Å². The average molecular weight is 606 g/mol. The topological polar surface area (TPSA) is 158 Å². The number of esters is 1. The Morgan fingerprint density at radius 3 is 2.58 bits per heavy atom. The number of amides is 1. The normalized spacial score (nSPS) is 19.0. The maximum atomic E-state index is 12.5. The molecule has 43 heavy (non-hydrogen) atoms. The molecule has 224 valence electrons. The fourth-order valence-corrected chi connectivity index (χ4v) is 5.43. The molecule has 4 atom stereocenters. The van der Waals surface area contributed by atoms with Crippen LogP contribution in [0, 0.1) is 0 Å². The average Bonchev–Trinajstić information content (AvgIpc) is 3.49. The molecule has 13 heteroatoms. The van der Waals surface area contributed by atoms with E-state index in [0.717, 1.165) is 11.1 Å². The van der Waals surface area contributed by atoms with E-state index in [2.05, 4.69) is 20.8 Å². The predicted molar refractivity (Wildman–Crippen MR) is 156 cm³/mol. The molecule has 1 aromatic heterocycles. The number of hydrogen-bond acceptors (Lipinski definition) is 11. The number of aromatic hydroxyl groups is 1. The van der Waals surface area contributed by atoms with Gasteiger partial charge >= 0.3 is 5.97 Å². The van der Waals surface area contributed by atoms with Crippen molar-refractivity contribution >= 4 is 29.3 Å². The largest absolute Gasteiger partial charge is 0.508 e. The van der Waals surface area contributed by atoms with Gasteiger partial charge in [0.15, 0.2) is 12.4 Å². The zero-order chi connectivity index (χ0) is 30.3. The van der Waals surface area contributed by atoms with Crippen molar-refractivity contribution in [3.8, 4) is 11.4 Å². The highest BCUT2D eigenvalue weighted by atomic mass is 32.2. The molecule has 0 radical (unpaired) electrons. The summed E-state index contributed by atoms with van der Waals surface area (Å²) < 4.78 is 19.4. The molecule has 1 aliphatic rings. The summed E-state index contributed by atoms with van der Waals surface area (Å²) >= 11 is 1.43. The second kappa shape index (κ2) is 13.8. The highest BCUT2D eigenvalue weighted by Gasteiger charge is 2.33. The van der Waals surface area contributed by atoms with Crippen molar-refractivity contribution in [2.45, 2.75) is 56.6 Å². The number of carbonyl (C=O) groups excluding carboxylic acids is 2. The van der Waals surface area contributed by atoms with Crippen LogP contribution in [0.25, 0.3) is 5.69 Å². The lowest BCUT2D eigenvalue weighted by atomic mass is 10.0. The molecule has 0 spiro atoms.